The van der Waals surface area contributed by atoms with Crippen LogP contribution in [0.3, 0.4) is 0 Å². The Morgan fingerprint density at radius 2 is 1.95 bits per heavy atom. The molecule has 0 radical (unpaired) electrons. The van der Waals surface area contributed by atoms with E-state index in [0.29, 0.717) is 18.5 Å². The van der Waals surface area contributed by atoms with E-state index in [0.717, 1.165) is 6.26 Å². The fraction of sp³-hybridized carbons (Fsp3) is 0.400. The van der Waals surface area contributed by atoms with Crippen LogP contribution in [-0.2, 0) is 14.6 Å². The van der Waals surface area contributed by atoms with E-state index in [1.165, 1.54) is 18.3 Å². The fourth-order valence-electron chi connectivity index (χ4n) is 1.29. The van der Waals surface area contributed by atoms with Crippen LogP contribution in [0, 0.1) is 0 Å². The first-order valence-corrected chi connectivity index (χ1v) is 6.97. The highest BCUT2D eigenvalue weighted by Gasteiger charge is 2.45. The van der Waals surface area contributed by atoms with E-state index in [9.17, 15) is 13.2 Å². The number of rotatable bonds is 3. The summed E-state index contributed by atoms with van der Waals surface area (Å²) in [5.41, 5.74) is 5.40. The van der Waals surface area contributed by atoms with Crippen molar-refractivity contribution >= 4 is 46.2 Å². The number of hydrogen-bond donors (Lipinski definition) is 2. The number of nitrogens with two attached hydrogens (primary N) is 1. The van der Waals surface area contributed by atoms with Gasteiger partial charge in [0.05, 0.1) is 17.4 Å². The molecule has 1 aromatic rings. The van der Waals surface area contributed by atoms with E-state index >= 15 is 0 Å². The lowest BCUT2D eigenvalue weighted by atomic mass is 10.2. The number of amides is 1. The molecule has 1 aliphatic rings. The van der Waals surface area contributed by atoms with Crippen LogP contribution in [0.4, 0.5) is 5.69 Å². The van der Waals surface area contributed by atoms with Crippen molar-refractivity contribution in [2.75, 3.05) is 11.6 Å². The smallest absolute Gasteiger partial charge is 0.244 e. The largest absolute Gasteiger partial charge is 0.323 e. The Kier molecular flexibility index (Phi) is 5.76. The number of halogens is 2. The third-order valence-electron chi connectivity index (χ3n) is 2.61. The lowest BCUT2D eigenvalue weighted by molar-refractivity contribution is -0.118. The van der Waals surface area contributed by atoms with Crippen molar-refractivity contribution in [2.24, 2.45) is 5.73 Å². The number of nitrogens with one attached hydrogen (secondary N) is 1. The van der Waals surface area contributed by atoms with E-state index in [4.69, 9.17) is 5.73 Å². The molecular formula is C10H15Cl2N3O3S. The second-order valence-corrected chi connectivity index (χ2v) is 6.23. The van der Waals surface area contributed by atoms with Gasteiger partial charge in [0.25, 0.3) is 0 Å². The van der Waals surface area contributed by atoms with E-state index < -0.39 is 15.4 Å². The van der Waals surface area contributed by atoms with Gasteiger partial charge in [-0.25, -0.2) is 13.4 Å². The summed E-state index contributed by atoms with van der Waals surface area (Å²) in [6.07, 6.45) is 3.73. The second-order valence-electron chi connectivity index (χ2n) is 4.27. The van der Waals surface area contributed by atoms with Crippen LogP contribution in [0.15, 0.2) is 23.4 Å². The number of carbonyl (C=O) groups excluding carboxylic acids is 1. The summed E-state index contributed by atoms with van der Waals surface area (Å²) in [4.78, 5) is 15.4. The zero-order valence-electron chi connectivity index (χ0n) is 10.1. The minimum atomic E-state index is -3.31. The SMILES string of the molecule is CS(=O)(=O)c1ccc(NC(=O)C2(N)CC2)cn1.Cl.Cl. The van der Waals surface area contributed by atoms with Crippen LogP contribution in [0.5, 0.6) is 0 Å². The molecular weight excluding hydrogens is 313 g/mol. The van der Waals surface area contributed by atoms with Crippen molar-refractivity contribution in [3.8, 4) is 0 Å². The summed E-state index contributed by atoms with van der Waals surface area (Å²) in [5.74, 6) is -0.258. The molecule has 1 aliphatic carbocycles. The van der Waals surface area contributed by atoms with Crippen LogP contribution in [-0.4, -0.2) is 31.1 Å². The minimum Gasteiger partial charge on any atom is -0.323 e. The van der Waals surface area contributed by atoms with Crippen LogP contribution in [0.2, 0.25) is 0 Å². The quantitative estimate of drug-likeness (QED) is 0.853. The van der Waals surface area contributed by atoms with E-state index in [1.807, 2.05) is 0 Å². The Hall–Kier alpha value is -0.890. The van der Waals surface area contributed by atoms with Gasteiger partial charge in [-0.3, -0.25) is 4.79 Å². The molecule has 108 valence electrons. The van der Waals surface area contributed by atoms with E-state index in [2.05, 4.69) is 10.3 Å². The highest BCUT2D eigenvalue weighted by atomic mass is 35.5. The van der Waals surface area contributed by atoms with Crippen LogP contribution < -0.4 is 11.1 Å². The molecule has 1 saturated carbocycles. The van der Waals surface area contributed by atoms with Gasteiger partial charge in [-0.2, -0.15) is 0 Å². The number of pyridine rings is 1. The molecule has 9 heteroatoms. The number of anilines is 1. The third-order valence-corrected chi connectivity index (χ3v) is 3.62. The van der Waals surface area contributed by atoms with Gasteiger partial charge in [-0.1, -0.05) is 0 Å². The average molecular weight is 328 g/mol. The molecule has 0 bridgehead atoms. The molecule has 1 heterocycles. The van der Waals surface area contributed by atoms with Crippen molar-refractivity contribution in [2.45, 2.75) is 23.4 Å². The van der Waals surface area contributed by atoms with Gasteiger partial charge in [-0.15, -0.1) is 24.8 Å². The predicted octanol–water partition coefficient (Wildman–Crippen LogP) is 0.758. The summed E-state index contributed by atoms with van der Waals surface area (Å²) in [6.45, 7) is 0. The molecule has 0 atom stereocenters. The fourth-order valence-corrected chi connectivity index (χ4v) is 1.85. The van der Waals surface area contributed by atoms with Crippen LogP contribution in [0.25, 0.3) is 0 Å². The van der Waals surface area contributed by atoms with Crippen molar-refractivity contribution in [3.05, 3.63) is 18.3 Å². The van der Waals surface area contributed by atoms with E-state index in [-0.39, 0.29) is 35.7 Å². The summed E-state index contributed by atoms with van der Waals surface area (Å²) < 4.78 is 22.3. The summed E-state index contributed by atoms with van der Waals surface area (Å²) in [5, 5.41) is 2.58. The Morgan fingerprint density at radius 3 is 2.32 bits per heavy atom. The average Bonchev–Trinajstić information content (AvgIpc) is 2.97. The normalized spacial score (nSPS) is 15.7. The van der Waals surface area contributed by atoms with Gasteiger partial charge in [-0.05, 0) is 25.0 Å². The molecule has 0 saturated heterocycles. The maximum Gasteiger partial charge on any atom is 0.244 e. The molecule has 3 N–H and O–H groups in total. The predicted molar refractivity (Wildman–Crippen MR) is 76.6 cm³/mol. The van der Waals surface area contributed by atoms with Crippen molar-refractivity contribution < 1.29 is 13.2 Å². The first-order chi connectivity index (χ1) is 7.81. The zero-order valence-corrected chi connectivity index (χ0v) is 12.6. The van der Waals surface area contributed by atoms with Crippen molar-refractivity contribution in [3.63, 3.8) is 0 Å². The first-order valence-electron chi connectivity index (χ1n) is 5.08. The molecule has 1 aromatic heterocycles. The zero-order chi connectivity index (χ0) is 12.7. The van der Waals surface area contributed by atoms with Crippen LogP contribution in [0.1, 0.15) is 12.8 Å². The first kappa shape index (κ1) is 18.1. The maximum atomic E-state index is 11.6. The molecule has 0 unspecified atom stereocenters. The van der Waals surface area contributed by atoms with Gasteiger partial charge >= 0.3 is 0 Å². The van der Waals surface area contributed by atoms with Crippen molar-refractivity contribution in [1.29, 1.82) is 0 Å². The lowest BCUT2D eigenvalue weighted by Gasteiger charge is -2.09. The molecule has 19 heavy (non-hydrogen) atoms. The van der Waals surface area contributed by atoms with Crippen LogP contribution >= 0.6 is 24.8 Å². The van der Waals surface area contributed by atoms with Crippen molar-refractivity contribution in [1.82, 2.24) is 4.98 Å². The molecule has 0 spiro atoms. The lowest BCUT2D eigenvalue weighted by Crippen LogP contribution is -2.37. The Balaban J connectivity index is 0.00000162. The highest BCUT2D eigenvalue weighted by Crippen LogP contribution is 2.33. The summed E-state index contributed by atoms with van der Waals surface area (Å²) in [6, 6.07) is 2.84. The minimum absolute atomic E-state index is 0. The Morgan fingerprint density at radius 1 is 1.37 bits per heavy atom. The number of carbonyl (C=O) groups is 1. The molecule has 0 aliphatic heterocycles. The number of hydrogen-bond acceptors (Lipinski definition) is 5. The molecule has 1 amide bonds. The third kappa shape index (κ3) is 4.31. The number of sulfone groups is 1. The second kappa shape index (κ2) is 6.04. The Labute approximate surface area is 123 Å². The molecule has 1 fully saturated rings. The maximum absolute atomic E-state index is 11.6. The monoisotopic (exact) mass is 327 g/mol. The summed E-state index contributed by atoms with van der Waals surface area (Å²) in [7, 11) is -3.31. The van der Waals surface area contributed by atoms with Gasteiger partial charge in [0.15, 0.2) is 14.9 Å². The number of aromatic nitrogens is 1. The van der Waals surface area contributed by atoms with Gasteiger partial charge in [0.2, 0.25) is 5.91 Å². The standard InChI is InChI=1S/C10H13N3O3S.2ClH/c1-17(15,16)8-3-2-7(6-12-8)13-9(14)10(11)4-5-10;;/h2-3,6H,4-5,11H2,1H3,(H,13,14);2*1H. The number of nitrogens with zero attached hydrogens (tertiary/aromatic N) is 1. The summed E-state index contributed by atoms with van der Waals surface area (Å²) >= 11 is 0. The van der Waals surface area contributed by atoms with Gasteiger partial charge in [0, 0.05) is 6.26 Å². The van der Waals surface area contributed by atoms with Gasteiger partial charge < -0.3 is 11.1 Å². The molecule has 0 aromatic carbocycles. The highest BCUT2D eigenvalue weighted by molar-refractivity contribution is 7.90. The topological polar surface area (TPSA) is 102 Å². The molecule has 2 rings (SSSR count). The van der Waals surface area contributed by atoms with E-state index in [1.54, 1.807) is 0 Å². The van der Waals surface area contributed by atoms with Gasteiger partial charge in [0.1, 0.15) is 0 Å². The molecule has 6 nitrogen and oxygen atoms in total. The Bertz CT molecular complexity index is 556.